The Hall–Kier alpha value is -2.34. The van der Waals surface area contributed by atoms with Gasteiger partial charge in [-0.25, -0.2) is 0 Å². The average molecular weight is 328 g/mol. The lowest BCUT2D eigenvalue weighted by Gasteiger charge is -2.25. The van der Waals surface area contributed by atoms with Gasteiger partial charge in [0.1, 0.15) is 0 Å². The monoisotopic (exact) mass is 328 g/mol. The van der Waals surface area contributed by atoms with E-state index in [-0.39, 0.29) is 5.92 Å². The van der Waals surface area contributed by atoms with Crippen molar-refractivity contribution in [2.45, 2.75) is 47.5 Å². The van der Waals surface area contributed by atoms with E-state index in [1.807, 2.05) is 0 Å². The van der Waals surface area contributed by atoms with E-state index >= 15 is 0 Å². The molecule has 0 N–H and O–H groups in total. The van der Waals surface area contributed by atoms with E-state index in [0.717, 1.165) is 0 Å². The van der Waals surface area contributed by atoms with Gasteiger partial charge in [0, 0.05) is 5.92 Å². The SMILES string of the molecule is Cc1ccc(C(c2ccc(C)cc2C)c2ccc(C)cc2C)c(C)c1. The molecule has 0 spiro atoms. The van der Waals surface area contributed by atoms with Crippen LogP contribution in [0.2, 0.25) is 0 Å². The molecule has 0 saturated heterocycles. The molecule has 0 heterocycles. The van der Waals surface area contributed by atoms with E-state index in [1.54, 1.807) is 0 Å². The summed E-state index contributed by atoms with van der Waals surface area (Å²) in [4.78, 5) is 0. The predicted molar refractivity (Wildman–Crippen MR) is 109 cm³/mol. The molecule has 0 aliphatic carbocycles. The minimum absolute atomic E-state index is 0.279. The van der Waals surface area contributed by atoms with Crippen LogP contribution < -0.4 is 0 Å². The van der Waals surface area contributed by atoms with Crippen molar-refractivity contribution in [1.29, 1.82) is 0 Å². The standard InChI is InChI=1S/C25H28/c1-16-7-10-22(19(4)13-16)25(23-11-8-17(2)14-20(23)5)24-12-9-18(3)15-21(24)6/h7-15,25H,1-6H3. The van der Waals surface area contributed by atoms with Crippen LogP contribution in [0.15, 0.2) is 54.6 Å². The Morgan fingerprint density at radius 1 is 0.440 bits per heavy atom. The third kappa shape index (κ3) is 3.54. The number of aryl methyl sites for hydroxylation is 6. The highest BCUT2D eigenvalue weighted by molar-refractivity contribution is 5.52. The van der Waals surface area contributed by atoms with Gasteiger partial charge in [-0.2, -0.15) is 0 Å². The summed E-state index contributed by atoms with van der Waals surface area (Å²) < 4.78 is 0. The van der Waals surface area contributed by atoms with Crippen molar-refractivity contribution in [3.05, 3.63) is 105 Å². The second-order valence-electron chi connectivity index (χ2n) is 7.51. The van der Waals surface area contributed by atoms with Gasteiger partial charge in [-0.05, 0) is 74.9 Å². The molecule has 0 radical (unpaired) electrons. The fraction of sp³-hybridized carbons (Fsp3) is 0.280. The van der Waals surface area contributed by atoms with Crippen molar-refractivity contribution < 1.29 is 0 Å². The molecule has 25 heavy (non-hydrogen) atoms. The molecule has 3 aromatic rings. The topological polar surface area (TPSA) is 0 Å². The van der Waals surface area contributed by atoms with Crippen LogP contribution in [0.3, 0.4) is 0 Å². The second-order valence-corrected chi connectivity index (χ2v) is 7.51. The Morgan fingerprint density at radius 2 is 0.720 bits per heavy atom. The first kappa shape index (κ1) is 17.5. The molecule has 0 aliphatic heterocycles. The summed E-state index contributed by atoms with van der Waals surface area (Å²) in [6, 6.07) is 20.6. The first-order valence-electron chi connectivity index (χ1n) is 9.08. The lowest BCUT2D eigenvalue weighted by molar-refractivity contribution is 0.933. The molecule has 0 heteroatoms. The van der Waals surface area contributed by atoms with Crippen molar-refractivity contribution in [3.63, 3.8) is 0 Å². The summed E-state index contributed by atoms with van der Waals surface area (Å²) in [6.45, 7) is 13.2. The molecule has 3 aromatic carbocycles. The van der Waals surface area contributed by atoms with Gasteiger partial charge in [0.2, 0.25) is 0 Å². The molecular formula is C25H28. The van der Waals surface area contributed by atoms with Crippen LogP contribution in [0.25, 0.3) is 0 Å². The Labute approximate surface area is 152 Å². The molecule has 0 atom stereocenters. The van der Waals surface area contributed by atoms with Gasteiger partial charge in [0.25, 0.3) is 0 Å². The summed E-state index contributed by atoms with van der Waals surface area (Å²) in [7, 11) is 0. The van der Waals surface area contributed by atoms with Gasteiger partial charge in [-0.3, -0.25) is 0 Å². The molecule has 0 fully saturated rings. The smallest absolute Gasteiger partial charge is 0.0347 e. The van der Waals surface area contributed by atoms with E-state index in [2.05, 4.69) is 96.1 Å². The third-order valence-corrected chi connectivity index (χ3v) is 5.21. The average Bonchev–Trinajstić information content (AvgIpc) is 2.52. The van der Waals surface area contributed by atoms with Gasteiger partial charge in [-0.1, -0.05) is 71.3 Å². The van der Waals surface area contributed by atoms with E-state index in [4.69, 9.17) is 0 Å². The summed E-state index contributed by atoms with van der Waals surface area (Å²) in [5.74, 6) is 0.279. The molecule has 0 aliphatic rings. The van der Waals surface area contributed by atoms with Crippen molar-refractivity contribution in [3.8, 4) is 0 Å². The number of benzene rings is 3. The quantitative estimate of drug-likeness (QED) is 0.468. The van der Waals surface area contributed by atoms with E-state index in [9.17, 15) is 0 Å². The largest absolute Gasteiger partial charge is 0.0590 e. The number of hydrogen-bond acceptors (Lipinski definition) is 0. The zero-order valence-corrected chi connectivity index (χ0v) is 16.3. The van der Waals surface area contributed by atoms with Crippen molar-refractivity contribution >= 4 is 0 Å². The van der Waals surface area contributed by atoms with Gasteiger partial charge < -0.3 is 0 Å². The molecule has 0 bridgehead atoms. The highest BCUT2D eigenvalue weighted by Crippen LogP contribution is 2.37. The van der Waals surface area contributed by atoms with Crippen LogP contribution in [0.1, 0.15) is 56.0 Å². The Kier molecular flexibility index (Phi) is 4.81. The minimum atomic E-state index is 0.279. The maximum atomic E-state index is 2.31. The summed E-state index contributed by atoms with van der Waals surface area (Å²) in [6.07, 6.45) is 0. The fourth-order valence-corrected chi connectivity index (χ4v) is 3.95. The molecule has 3 rings (SSSR count). The van der Waals surface area contributed by atoms with E-state index < -0.39 is 0 Å². The van der Waals surface area contributed by atoms with Gasteiger partial charge in [-0.15, -0.1) is 0 Å². The third-order valence-electron chi connectivity index (χ3n) is 5.21. The molecule has 0 amide bonds. The summed E-state index contributed by atoms with van der Waals surface area (Å²) in [5, 5.41) is 0. The maximum Gasteiger partial charge on any atom is 0.0347 e. The highest BCUT2D eigenvalue weighted by atomic mass is 14.3. The predicted octanol–water partition coefficient (Wildman–Crippen LogP) is 6.72. The van der Waals surface area contributed by atoms with Crippen molar-refractivity contribution in [2.75, 3.05) is 0 Å². The Bertz CT molecular complexity index is 793. The highest BCUT2D eigenvalue weighted by Gasteiger charge is 2.22. The summed E-state index contributed by atoms with van der Waals surface area (Å²) in [5.41, 5.74) is 12.3. The first-order valence-corrected chi connectivity index (χ1v) is 9.08. The van der Waals surface area contributed by atoms with Gasteiger partial charge in [0.15, 0.2) is 0 Å². The van der Waals surface area contributed by atoms with Crippen LogP contribution in [0.4, 0.5) is 0 Å². The van der Waals surface area contributed by atoms with Crippen LogP contribution in [-0.2, 0) is 0 Å². The summed E-state index contributed by atoms with van der Waals surface area (Å²) >= 11 is 0. The van der Waals surface area contributed by atoms with Crippen molar-refractivity contribution in [1.82, 2.24) is 0 Å². The van der Waals surface area contributed by atoms with Crippen LogP contribution in [-0.4, -0.2) is 0 Å². The molecule has 0 saturated carbocycles. The normalized spacial score (nSPS) is 11.2. The minimum Gasteiger partial charge on any atom is -0.0590 e. The molecule has 0 unspecified atom stereocenters. The number of hydrogen-bond donors (Lipinski definition) is 0. The lowest BCUT2D eigenvalue weighted by Crippen LogP contribution is -2.09. The second kappa shape index (κ2) is 6.88. The van der Waals surface area contributed by atoms with Crippen molar-refractivity contribution in [2.24, 2.45) is 0 Å². The zero-order valence-electron chi connectivity index (χ0n) is 16.3. The van der Waals surface area contributed by atoms with Crippen LogP contribution >= 0.6 is 0 Å². The van der Waals surface area contributed by atoms with Gasteiger partial charge in [0.05, 0.1) is 0 Å². The van der Waals surface area contributed by atoms with E-state index in [1.165, 1.54) is 50.1 Å². The molecule has 128 valence electrons. The Balaban J connectivity index is 2.27. The Morgan fingerprint density at radius 3 is 0.960 bits per heavy atom. The fourth-order valence-electron chi connectivity index (χ4n) is 3.95. The van der Waals surface area contributed by atoms with Crippen LogP contribution in [0.5, 0.6) is 0 Å². The lowest BCUT2D eigenvalue weighted by atomic mass is 9.79. The molecule has 0 aromatic heterocycles. The molecule has 0 nitrogen and oxygen atoms in total. The molecular weight excluding hydrogens is 300 g/mol. The first-order chi connectivity index (χ1) is 11.9. The maximum absolute atomic E-state index is 2.31. The van der Waals surface area contributed by atoms with Crippen LogP contribution in [0, 0.1) is 41.5 Å². The zero-order chi connectivity index (χ0) is 18.1. The van der Waals surface area contributed by atoms with Gasteiger partial charge >= 0.3 is 0 Å². The number of rotatable bonds is 3. The van der Waals surface area contributed by atoms with E-state index in [0.29, 0.717) is 0 Å².